The van der Waals surface area contributed by atoms with E-state index in [-0.39, 0.29) is 18.7 Å². The Bertz CT molecular complexity index is 527. The molecule has 1 N–H and O–H groups in total. The van der Waals surface area contributed by atoms with Crippen LogP contribution in [0.15, 0.2) is 30.3 Å². The maximum absolute atomic E-state index is 12.1. The standard InChI is InChI=1S/C19H30N2O3/c1-19(2,3)24-18(23)20(4)11-16-10-17(14-22)21(13-16)12-15-8-6-5-7-9-15/h5-9,16-17,22H,10-14H2,1-4H3/t16-,17+/m1/s1. The number of hydrogen-bond acceptors (Lipinski definition) is 4. The summed E-state index contributed by atoms with van der Waals surface area (Å²) in [6.45, 7) is 8.13. The molecule has 1 aliphatic rings. The molecule has 1 aromatic carbocycles. The van der Waals surface area contributed by atoms with E-state index in [0.29, 0.717) is 12.5 Å². The molecule has 5 heteroatoms. The van der Waals surface area contributed by atoms with Gasteiger partial charge in [-0.1, -0.05) is 30.3 Å². The predicted molar refractivity (Wildman–Crippen MR) is 94.7 cm³/mol. The Labute approximate surface area is 145 Å². The van der Waals surface area contributed by atoms with Gasteiger partial charge >= 0.3 is 6.09 Å². The van der Waals surface area contributed by atoms with Gasteiger partial charge in [0, 0.05) is 32.7 Å². The number of rotatable bonds is 5. The molecule has 0 bridgehead atoms. The molecule has 5 nitrogen and oxygen atoms in total. The van der Waals surface area contributed by atoms with Crippen molar-refractivity contribution in [2.45, 2.75) is 45.4 Å². The fourth-order valence-electron chi connectivity index (χ4n) is 3.22. The quantitative estimate of drug-likeness (QED) is 0.899. The van der Waals surface area contributed by atoms with Crippen LogP contribution >= 0.6 is 0 Å². The third-order valence-electron chi connectivity index (χ3n) is 4.29. The van der Waals surface area contributed by atoms with Gasteiger partial charge in [-0.3, -0.25) is 4.90 Å². The molecule has 0 spiro atoms. The molecule has 1 aromatic rings. The molecule has 1 heterocycles. The zero-order chi connectivity index (χ0) is 17.7. The van der Waals surface area contributed by atoms with Gasteiger partial charge < -0.3 is 14.7 Å². The lowest BCUT2D eigenvalue weighted by molar-refractivity contribution is 0.0274. The highest BCUT2D eigenvalue weighted by Gasteiger charge is 2.33. The summed E-state index contributed by atoms with van der Waals surface area (Å²) in [6, 6.07) is 10.4. The molecule has 0 unspecified atom stereocenters. The van der Waals surface area contributed by atoms with Crippen LogP contribution in [-0.4, -0.2) is 59.4 Å². The van der Waals surface area contributed by atoms with Gasteiger partial charge in [-0.25, -0.2) is 4.79 Å². The van der Waals surface area contributed by atoms with Gasteiger partial charge in [0.15, 0.2) is 0 Å². The number of likely N-dealkylation sites (tertiary alicyclic amines) is 1. The fraction of sp³-hybridized carbons (Fsp3) is 0.632. The average Bonchev–Trinajstić information content (AvgIpc) is 2.88. The highest BCUT2D eigenvalue weighted by Crippen LogP contribution is 2.26. The van der Waals surface area contributed by atoms with E-state index in [1.807, 2.05) is 39.0 Å². The molecule has 24 heavy (non-hydrogen) atoms. The number of amides is 1. The molecular formula is C19H30N2O3. The second-order valence-electron chi connectivity index (χ2n) is 7.71. The first kappa shape index (κ1) is 18.7. The highest BCUT2D eigenvalue weighted by atomic mass is 16.6. The van der Waals surface area contributed by atoms with Crippen molar-refractivity contribution in [1.29, 1.82) is 0 Å². The summed E-state index contributed by atoms with van der Waals surface area (Å²) >= 11 is 0. The third-order valence-corrected chi connectivity index (χ3v) is 4.29. The monoisotopic (exact) mass is 334 g/mol. The Morgan fingerprint density at radius 1 is 1.33 bits per heavy atom. The maximum Gasteiger partial charge on any atom is 0.410 e. The van der Waals surface area contributed by atoms with Crippen molar-refractivity contribution >= 4 is 6.09 Å². The number of benzene rings is 1. The van der Waals surface area contributed by atoms with Gasteiger partial charge in [-0.05, 0) is 38.7 Å². The predicted octanol–water partition coefficient (Wildman–Crippen LogP) is 2.74. The smallest absolute Gasteiger partial charge is 0.410 e. The lowest BCUT2D eigenvalue weighted by Gasteiger charge is -2.26. The number of ether oxygens (including phenoxy) is 1. The summed E-state index contributed by atoms with van der Waals surface area (Å²) in [5, 5.41) is 9.68. The molecule has 134 valence electrons. The van der Waals surface area contributed by atoms with Gasteiger partial charge in [0.2, 0.25) is 0 Å². The molecule has 1 aliphatic heterocycles. The molecule has 0 radical (unpaired) electrons. The Kier molecular flexibility index (Phi) is 6.24. The molecule has 2 rings (SSSR count). The summed E-state index contributed by atoms with van der Waals surface area (Å²) in [5.74, 6) is 0.350. The second kappa shape index (κ2) is 7.99. The zero-order valence-corrected chi connectivity index (χ0v) is 15.2. The van der Waals surface area contributed by atoms with Crippen molar-refractivity contribution < 1.29 is 14.6 Å². The number of nitrogens with zero attached hydrogens (tertiary/aromatic N) is 2. The van der Waals surface area contributed by atoms with E-state index in [2.05, 4.69) is 17.0 Å². The van der Waals surface area contributed by atoms with Crippen molar-refractivity contribution in [3.05, 3.63) is 35.9 Å². The van der Waals surface area contributed by atoms with E-state index >= 15 is 0 Å². The van der Waals surface area contributed by atoms with Crippen molar-refractivity contribution in [3.8, 4) is 0 Å². The summed E-state index contributed by atoms with van der Waals surface area (Å²) in [7, 11) is 1.78. The Morgan fingerprint density at radius 2 is 2.00 bits per heavy atom. The van der Waals surface area contributed by atoms with Gasteiger partial charge in [0.05, 0.1) is 6.61 Å². The summed E-state index contributed by atoms with van der Waals surface area (Å²) in [5.41, 5.74) is 0.769. The molecule has 1 fully saturated rings. The Balaban J connectivity index is 1.90. The van der Waals surface area contributed by atoms with E-state index in [4.69, 9.17) is 4.74 Å². The Hall–Kier alpha value is -1.59. The summed E-state index contributed by atoms with van der Waals surface area (Å²) in [4.78, 5) is 16.1. The number of hydrogen-bond donors (Lipinski definition) is 1. The molecule has 1 saturated heterocycles. The van der Waals surface area contributed by atoms with Crippen molar-refractivity contribution in [1.82, 2.24) is 9.80 Å². The topological polar surface area (TPSA) is 53.0 Å². The molecule has 0 aliphatic carbocycles. The van der Waals surface area contributed by atoms with E-state index in [1.54, 1.807) is 11.9 Å². The van der Waals surface area contributed by atoms with Crippen molar-refractivity contribution in [3.63, 3.8) is 0 Å². The van der Waals surface area contributed by atoms with Gasteiger partial charge in [-0.15, -0.1) is 0 Å². The first-order chi connectivity index (χ1) is 11.3. The minimum Gasteiger partial charge on any atom is -0.444 e. The van der Waals surface area contributed by atoms with Crippen LogP contribution < -0.4 is 0 Å². The first-order valence-corrected chi connectivity index (χ1v) is 8.61. The molecular weight excluding hydrogens is 304 g/mol. The molecule has 0 aromatic heterocycles. The van der Waals surface area contributed by atoms with Crippen molar-refractivity contribution in [2.24, 2.45) is 5.92 Å². The Morgan fingerprint density at radius 3 is 2.58 bits per heavy atom. The van der Waals surface area contributed by atoms with Crippen LogP contribution in [-0.2, 0) is 11.3 Å². The van der Waals surface area contributed by atoms with Gasteiger partial charge in [0.1, 0.15) is 5.60 Å². The SMILES string of the molecule is CN(C[C@H]1C[C@@H](CO)N(Cc2ccccc2)C1)C(=O)OC(C)(C)C. The van der Waals surface area contributed by atoms with Crippen molar-refractivity contribution in [2.75, 3.05) is 26.7 Å². The fourth-order valence-corrected chi connectivity index (χ4v) is 3.22. The number of carbonyl (C=O) groups is 1. The largest absolute Gasteiger partial charge is 0.444 e. The minimum atomic E-state index is -0.478. The summed E-state index contributed by atoms with van der Waals surface area (Å²) in [6.07, 6.45) is 0.612. The van der Waals surface area contributed by atoms with Crippen LogP contribution in [0.3, 0.4) is 0 Å². The van der Waals surface area contributed by atoms with Crippen LogP contribution in [0.25, 0.3) is 0 Å². The highest BCUT2D eigenvalue weighted by molar-refractivity contribution is 5.67. The molecule has 1 amide bonds. The average molecular weight is 334 g/mol. The molecule has 0 saturated carbocycles. The van der Waals surface area contributed by atoms with Crippen LogP contribution in [0.2, 0.25) is 0 Å². The second-order valence-corrected chi connectivity index (χ2v) is 7.71. The van der Waals surface area contributed by atoms with Crippen LogP contribution in [0.1, 0.15) is 32.8 Å². The minimum absolute atomic E-state index is 0.152. The van der Waals surface area contributed by atoms with Gasteiger partial charge in [-0.2, -0.15) is 0 Å². The number of carbonyl (C=O) groups excluding carboxylic acids is 1. The van der Waals surface area contributed by atoms with E-state index in [1.165, 1.54) is 5.56 Å². The maximum atomic E-state index is 12.1. The van der Waals surface area contributed by atoms with Crippen LogP contribution in [0, 0.1) is 5.92 Å². The van der Waals surface area contributed by atoms with E-state index in [9.17, 15) is 9.90 Å². The van der Waals surface area contributed by atoms with Crippen LogP contribution in [0.5, 0.6) is 0 Å². The third kappa shape index (κ3) is 5.49. The van der Waals surface area contributed by atoms with E-state index < -0.39 is 5.60 Å². The number of aliphatic hydroxyl groups is 1. The summed E-state index contributed by atoms with van der Waals surface area (Å²) < 4.78 is 5.41. The number of aliphatic hydroxyl groups excluding tert-OH is 1. The van der Waals surface area contributed by atoms with E-state index in [0.717, 1.165) is 19.5 Å². The van der Waals surface area contributed by atoms with Gasteiger partial charge in [0.25, 0.3) is 0 Å². The first-order valence-electron chi connectivity index (χ1n) is 8.61. The zero-order valence-electron chi connectivity index (χ0n) is 15.2. The lowest BCUT2D eigenvalue weighted by atomic mass is 10.1. The lowest BCUT2D eigenvalue weighted by Crippen LogP contribution is -2.37. The van der Waals surface area contributed by atoms with Crippen LogP contribution in [0.4, 0.5) is 4.79 Å². The molecule has 2 atom stereocenters. The normalized spacial score (nSPS) is 21.7.